The van der Waals surface area contributed by atoms with Crippen LogP contribution in [-0.2, 0) is 17.5 Å². The SMILES string of the molecule is Cc1oc(C(F)(F)F)nc1-c1ccc(CNC(=O)OC(C)(C)C)cc1. The van der Waals surface area contributed by atoms with Crippen molar-refractivity contribution >= 4 is 6.09 Å². The molecule has 2 aromatic rings. The number of rotatable bonds is 3. The average Bonchev–Trinajstić information content (AvgIpc) is 2.86. The van der Waals surface area contributed by atoms with Gasteiger partial charge < -0.3 is 14.5 Å². The normalized spacial score (nSPS) is 12.1. The van der Waals surface area contributed by atoms with Crippen molar-refractivity contribution in [3.63, 3.8) is 0 Å². The Bertz CT molecular complexity index is 744. The number of ether oxygens (including phenoxy) is 1. The van der Waals surface area contributed by atoms with E-state index in [4.69, 9.17) is 4.74 Å². The van der Waals surface area contributed by atoms with Crippen molar-refractivity contribution in [2.75, 3.05) is 0 Å². The number of alkyl carbamates (subject to hydrolysis) is 1. The highest BCUT2D eigenvalue weighted by molar-refractivity contribution is 5.68. The van der Waals surface area contributed by atoms with Gasteiger partial charge in [-0.15, -0.1) is 0 Å². The number of nitrogens with zero attached hydrogens (tertiary/aromatic N) is 1. The van der Waals surface area contributed by atoms with E-state index in [0.717, 1.165) is 5.56 Å². The molecular formula is C17H19F3N2O3. The Hall–Kier alpha value is -2.51. The number of carbonyl (C=O) groups excluding carboxylic acids is 1. The van der Waals surface area contributed by atoms with Gasteiger partial charge in [-0.25, -0.2) is 9.78 Å². The van der Waals surface area contributed by atoms with Crippen LogP contribution in [0.4, 0.5) is 18.0 Å². The number of halogens is 3. The van der Waals surface area contributed by atoms with Crippen molar-refractivity contribution in [1.29, 1.82) is 0 Å². The highest BCUT2D eigenvalue weighted by Crippen LogP contribution is 2.33. The summed E-state index contributed by atoms with van der Waals surface area (Å²) in [6, 6.07) is 6.62. The second kappa shape index (κ2) is 6.78. The molecule has 0 atom stereocenters. The number of aryl methyl sites for hydroxylation is 1. The lowest BCUT2D eigenvalue weighted by molar-refractivity contribution is -0.157. The molecule has 0 saturated carbocycles. The third-order valence-corrected chi connectivity index (χ3v) is 3.10. The fraction of sp³-hybridized carbons (Fsp3) is 0.412. The lowest BCUT2D eigenvalue weighted by Gasteiger charge is -2.19. The van der Waals surface area contributed by atoms with Gasteiger partial charge >= 0.3 is 18.2 Å². The largest absolute Gasteiger partial charge is 0.468 e. The highest BCUT2D eigenvalue weighted by Gasteiger charge is 2.38. The summed E-state index contributed by atoms with van der Waals surface area (Å²) in [6.45, 7) is 6.95. The first kappa shape index (κ1) is 18.8. The molecule has 5 nitrogen and oxygen atoms in total. The van der Waals surface area contributed by atoms with Crippen molar-refractivity contribution in [2.45, 2.75) is 46.0 Å². The van der Waals surface area contributed by atoms with Crippen LogP contribution in [0.1, 0.15) is 38.0 Å². The fourth-order valence-corrected chi connectivity index (χ4v) is 2.05. The highest BCUT2D eigenvalue weighted by atomic mass is 19.4. The van der Waals surface area contributed by atoms with Crippen LogP contribution in [0.25, 0.3) is 11.3 Å². The topological polar surface area (TPSA) is 64.4 Å². The minimum absolute atomic E-state index is 0.0898. The predicted octanol–water partition coefficient (Wildman–Crippen LogP) is 4.69. The van der Waals surface area contributed by atoms with E-state index >= 15 is 0 Å². The molecule has 136 valence electrons. The molecule has 1 heterocycles. The molecular weight excluding hydrogens is 337 g/mol. The number of hydrogen-bond donors (Lipinski definition) is 1. The number of oxazole rings is 1. The van der Waals surface area contributed by atoms with Gasteiger partial charge in [0, 0.05) is 12.1 Å². The quantitative estimate of drug-likeness (QED) is 0.866. The standard InChI is InChI=1S/C17H19F3N2O3/c1-10-13(22-14(24-10)17(18,19)20)12-7-5-11(6-8-12)9-21-15(23)25-16(2,3)4/h5-8H,9H2,1-4H3,(H,21,23). The molecule has 0 fully saturated rings. The zero-order valence-corrected chi connectivity index (χ0v) is 14.3. The van der Waals surface area contributed by atoms with Crippen LogP contribution in [-0.4, -0.2) is 16.7 Å². The van der Waals surface area contributed by atoms with E-state index in [2.05, 4.69) is 14.7 Å². The van der Waals surface area contributed by atoms with Crippen molar-refractivity contribution in [1.82, 2.24) is 10.3 Å². The van der Waals surface area contributed by atoms with Gasteiger partial charge in [0.2, 0.25) is 0 Å². The van der Waals surface area contributed by atoms with Gasteiger partial charge in [0.05, 0.1) is 0 Å². The van der Waals surface area contributed by atoms with Crippen LogP contribution in [0.3, 0.4) is 0 Å². The van der Waals surface area contributed by atoms with Gasteiger partial charge in [-0.3, -0.25) is 0 Å². The lowest BCUT2D eigenvalue weighted by atomic mass is 10.1. The van der Waals surface area contributed by atoms with Crippen LogP contribution in [0.2, 0.25) is 0 Å². The number of amides is 1. The number of carbonyl (C=O) groups is 1. The molecule has 0 saturated heterocycles. The van der Waals surface area contributed by atoms with Crippen molar-refractivity contribution in [2.24, 2.45) is 0 Å². The average molecular weight is 356 g/mol. The first-order chi connectivity index (χ1) is 11.5. The summed E-state index contributed by atoms with van der Waals surface area (Å²) in [4.78, 5) is 15.1. The maximum Gasteiger partial charge on any atom is 0.468 e. The summed E-state index contributed by atoms with van der Waals surface area (Å²) in [5.74, 6) is -1.18. The second-order valence-electron chi connectivity index (χ2n) is 6.47. The van der Waals surface area contributed by atoms with Crippen LogP contribution in [0, 0.1) is 6.92 Å². The number of benzene rings is 1. The molecule has 0 spiro atoms. The first-order valence-electron chi connectivity index (χ1n) is 7.56. The maximum absolute atomic E-state index is 12.6. The minimum Gasteiger partial charge on any atom is -0.444 e. The van der Waals surface area contributed by atoms with E-state index in [-0.39, 0.29) is 18.0 Å². The smallest absolute Gasteiger partial charge is 0.444 e. The monoisotopic (exact) mass is 356 g/mol. The van der Waals surface area contributed by atoms with E-state index < -0.39 is 23.8 Å². The molecule has 0 aliphatic carbocycles. The summed E-state index contributed by atoms with van der Waals surface area (Å²) < 4.78 is 47.7. The summed E-state index contributed by atoms with van der Waals surface area (Å²) >= 11 is 0. The van der Waals surface area contributed by atoms with E-state index in [1.807, 2.05) is 0 Å². The zero-order chi connectivity index (χ0) is 18.8. The Balaban J connectivity index is 2.05. The van der Waals surface area contributed by atoms with Gasteiger partial charge in [-0.2, -0.15) is 13.2 Å². The van der Waals surface area contributed by atoms with E-state index in [0.29, 0.717) is 5.56 Å². The van der Waals surface area contributed by atoms with Gasteiger partial charge in [-0.1, -0.05) is 24.3 Å². The third-order valence-electron chi connectivity index (χ3n) is 3.10. The zero-order valence-electron chi connectivity index (χ0n) is 14.3. The molecule has 1 amide bonds. The second-order valence-corrected chi connectivity index (χ2v) is 6.47. The van der Waals surface area contributed by atoms with Gasteiger partial charge in [0.1, 0.15) is 17.1 Å². The fourth-order valence-electron chi connectivity index (χ4n) is 2.05. The lowest BCUT2D eigenvalue weighted by Crippen LogP contribution is -2.32. The Labute approximate surface area is 143 Å². The Morgan fingerprint density at radius 2 is 1.80 bits per heavy atom. The Kier molecular flexibility index (Phi) is 5.10. The van der Waals surface area contributed by atoms with Gasteiger partial charge in [-0.05, 0) is 33.3 Å². The first-order valence-corrected chi connectivity index (χ1v) is 7.56. The molecule has 1 aromatic heterocycles. The Morgan fingerprint density at radius 1 is 1.20 bits per heavy atom. The molecule has 2 rings (SSSR count). The van der Waals surface area contributed by atoms with E-state index in [1.165, 1.54) is 6.92 Å². The van der Waals surface area contributed by atoms with Crippen LogP contribution in [0.15, 0.2) is 28.7 Å². The minimum atomic E-state index is -4.62. The number of alkyl halides is 3. The number of nitrogens with one attached hydrogen (secondary N) is 1. The molecule has 1 aromatic carbocycles. The number of hydrogen-bond acceptors (Lipinski definition) is 4. The third kappa shape index (κ3) is 5.23. The van der Waals surface area contributed by atoms with Crippen molar-refractivity contribution < 1.29 is 27.1 Å². The van der Waals surface area contributed by atoms with Crippen LogP contribution >= 0.6 is 0 Å². The molecule has 0 radical (unpaired) electrons. The summed E-state index contributed by atoms with van der Waals surface area (Å²) in [5, 5.41) is 2.61. The van der Waals surface area contributed by atoms with E-state index in [9.17, 15) is 18.0 Å². The van der Waals surface area contributed by atoms with Crippen LogP contribution < -0.4 is 5.32 Å². The molecule has 25 heavy (non-hydrogen) atoms. The Morgan fingerprint density at radius 3 is 2.28 bits per heavy atom. The van der Waals surface area contributed by atoms with Gasteiger partial charge in [0.25, 0.3) is 0 Å². The summed E-state index contributed by atoms with van der Waals surface area (Å²) in [7, 11) is 0. The van der Waals surface area contributed by atoms with Gasteiger partial charge in [0.15, 0.2) is 0 Å². The van der Waals surface area contributed by atoms with E-state index in [1.54, 1.807) is 45.0 Å². The molecule has 0 aliphatic rings. The molecule has 0 unspecified atom stereocenters. The molecule has 0 aliphatic heterocycles. The summed E-state index contributed by atoms with van der Waals surface area (Å²) in [5.41, 5.74) is 0.817. The maximum atomic E-state index is 12.6. The number of aromatic nitrogens is 1. The van der Waals surface area contributed by atoms with Crippen LogP contribution in [0.5, 0.6) is 0 Å². The molecule has 0 bridgehead atoms. The van der Waals surface area contributed by atoms with Crippen molar-refractivity contribution in [3.8, 4) is 11.3 Å². The predicted molar refractivity (Wildman–Crippen MR) is 84.8 cm³/mol. The molecule has 1 N–H and O–H groups in total. The van der Waals surface area contributed by atoms with Crippen molar-refractivity contribution in [3.05, 3.63) is 41.5 Å². The molecule has 8 heteroatoms. The summed E-state index contributed by atoms with van der Waals surface area (Å²) in [6.07, 6.45) is -5.17.